The van der Waals surface area contributed by atoms with E-state index < -0.39 is 217 Å². The summed E-state index contributed by atoms with van der Waals surface area (Å²) in [6, 6.07) is 0. The number of aliphatic hydroxyl groups excluding tert-OH is 19. The van der Waals surface area contributed by atoms with Crippen LogP contribution in [0.15, 0.2) is 0 Å². The Hall–Kier alpha value is -0.136. The van der Waals surface area contributed by atoms with Gasteiger partial charge in [0.15, 0.2) is 37.7 Å². The number of ether oxygens (including phenoxy) is 12. The van der Waals surface area contributed by atoms with Gasteiger partial charge < -0.3 is 154 Å². The Labute approximate surface area is 416 Å². The minimum absolute atomic E-state index is 0. The fourth-order valence-corrected chi connectivity index (χ4v) is 8.57. The molecule has 19 N–H and O–H groups in total. The van der Waals surface area contributed by atoms with Crippen LogP contribution in [-0.2, 0) is 89.6 Å². The summed E-state index contributed by atoms with van der Waals surface area (Å²) in [5.41, 5.74) is 0. The van der Waals surface area contributed by atoms with Crippen LogP contribution < -0.4 is 0 Å². The molecule has 32 heteroatoms. The predicted octanol–water partition coefficient (Wildman–Crippen LogP) is -13.4. The van der Waals surface area contributed by atoms with Crippen molar-refractivity contribution in [2.45, 2.75) is 184 Å². The van der Waals surface area contributed by atoms with Crippen molar-refractivity contribution in [2.24, 2.45) is 0 Å². The second-order valence-electron chi connectivity index (χ2n) is 17.1. The molecular formula is C37H64O31Y. The molecule has 0 saturated carbocycles. The van der Waals surface area contributed by atoms with Crippen molar-refractivity contribution >= 4 is 0 Å². The molecule has 401 valence electrons. The summed E-state index contributed by atoms with van der Waals surface area (Å²) in [6.45, 7) is -4.82. The maximum absolute atomic E-state index is 11.2. The average molecular weight is 1090 g/mol. The van der Waals surface area contributed by atoms with E-state index in [0.717, 1.165) is 0 Å². The SMILES string of the molecule is COCC1O[C@H](O[C@@H]2C(CO)O[C@H](O[C@@H]3C(CO)O[C@H](OCC4O[C@H](O[C@@H]5C(CO)O[C@H](O[C@@H]6C(CO)O[C@@H](O)C(O)[C@H]6O)C(O)[C@H]5O)C(O)[C@@H](O)[C@@H]4O)C(O)[C@H]3O)C(O)[C@H]2O)C(O)[C@@H](O)[C@@H]1O.[Y]. The quantitative estimate of drug-likeness (QED) is 0.0643. The van der Waals surface area contributed by atoms with Crippen molar-refractivity contribution in [3.05, 3.63) is 0 Å². The zero-order chi connectivity index (χ0) is 50.0. The van der Waals surface area contributed by atoms with E-state index in [1.54, 1.807) is 0 Å². The van der Waals surface area contributed by atoms with Crippen molar-refractivity contribution < 1.29 is 187 Å². The fraction of sp³-hybridized carbons (Fsp3) is 1.00. The number of rotatable bonds is 17. The van der Waals surface area contributed by atoms with E-state index in [-0.39, 0.29) is 39.3 Å². The summed E-state index contributed by atoms with van der Waals surface area (Å²) in [6.07, 6.45) is -55.1. The molecule has 12 unspecified atom stereocenters. The van der Waals surface area contributed by atoms with Crippen LogP contribution in [0.3, 0.4) is 0 Å². The van der Waals surface area contributed by atoms with Gasteiger partial charge >= 0.3 is 0 Å². The summed E-state index contributed by atoms with van der Waals surface area (Å²) in [4.78, 5) is 0. The summed E-state index contributed by atoms with van der Waals surface area (Å²) < 4.78 is 65.7. The van der Waals surface area contributed by atoms with E-state index in [4.69, 9.17) is 56.8 Å². The van der Waals surface area contributed by atoms with Crippen molar-refractivity contribution in [3.63, 3.8) is 0 Å². The monoisotopic (exact) mass is 1090 g/mol. The van der Waals surface area contributed by atoms with Gasteiger partial charge in [-0.05, 0) is 0 Å². The molecule has 0 aliphatic carbocycles. The first-order chi connectivity index (χ1) is 32.2. The van der Waals surface area contributed by atoms with Crippen LogP contribution in [-0.4, -0.2) is 328 Å². The molecule has 69 heavy (non-hydrogen) atoms. The van der Waals surface area contributed by atoms with Gasteiger partial charge in [0.1, 0.15) is 146 Å². The molecule has 0 aromatic heterocycles. The van der Waals surface area contributed by atoms with E-state index in [2.05, 4.69) is 0 Å². The number of aliphatic hydroxyl groups is 19. The third kappa shape index (κ3) is 12.8. The summed E-state index contributed by atoms with van der Waals surface area (Å²) >= 11 is 0. The van der Waals surface area contributed by atoms with Gasteiger partial charge in [0, 0.05) is 39.8 Å². The minimum atomic E-state index is -2.09. The summed E-state index contributed by atoms with van der Waals surface area (Å²) in [5.74, 6) is 0. The molecule has 6 aliphatic heterocycles. The van der Waals surface area contributed by atoms with E-state index in [1.165, 1.54) is 7.11 Å². The van der Waals surface area contributed by atoms with E-state index in [0.29, 0.717) is 0 Å². The molecule has 6 aliphatic rings. The molecule has 6 rings (SSSR count). The smallest absolute Gasteiger partial charge is 0.187 e. The Morgan fingerprint density at radius 2 is 0.580 bits per heavy atom. The van der Waals surface area contributed by atoms with Crippen molar-refractivity contribution in [1.29, 1.82) is 0 Å². The summed E-state index contributed by atoms with van der Waals surface area (Å²) in [5, 5.41) is 200. The first-order valence-electron chi connectivity index (χ1n) is 21.5. The molecule has 1 radical (unpaired) electrons. The van der Waals surface area contributed by atoms with Crippen LogP contribution in [0.25, 0.3) is 0 Å². The molecule has 0 spiro atoms. The molecule has 0 amide bonds. The Bertz CT molecular complexity index is 1530. The standard InChI is InChI=1S/C37H64O31.Y/c1-57-6-12-14(42)16(44)23(51)34(63-12)66-30-10(4-40)62-37(27(55)21(30)49)68-29-9(3-39)60-33(25(53)19(29)47)58-7-13-15(43)17(45)24(52)35(64-13)67-31-11(5-41)61-36(26(54)20(31)48)65-28-8(2-38)59-32(56)22(50)18(28)46;/h8-56H,2-7H2,1H3;/t8?,9?,10?,11?,12?,13?,14-,15-,16+,17+,18-,19-,20-,21-,22?,23?,24?,25?,26?,27?,28-,29-,30-,31-,32-,33+,34-,35-,36-,37-;/m1./s1. The normalized spacial score (nSPS) is 52.0. The molecule has 31 nitrogen and oxygen atoms in total. The second kappa shape index (κ2) is 26.1. The first kappa shape index (κ1) is 59.7. The largest absolute Gasteiger partial charge is 0.394 e. The molecule has 0 aromatic rings. The predicted molar refractivity (Wildman–Crippen MR) is 204 cm³/mol. The Kier molecular flexibility index (Phi) is 22.6. The minimum Gasteiger partial charge on any atom is -0.394 e. The van der Waals surface area contributed by atoms with Crippen molar-refractivity contribution in [2.75, 3.05) is 46.8 Å². The third-order valence-electron chi connectivity index (χ3n) is 12.6. The number of hydrogen-bond donors (Lipinski definition) is 19. The Morgan fingerprint density at radius 1 is 0.304 bits per heavy atom. The van der Waals surface area contributed by atoms with E-state index in [1.807, 2.05) is 0 Å². The molecule has 0 aromatic carbocycles. The van der Waals surface area contributed by atoms with Gasteiger partial charge in [-0.2, -0.15) is 0 Å². The maximum Gasteiger partial charge on any atom is 0.187 e. The van der Waals surface area contributed by atoms with Gasteiger partial charge in [0.05, 0.1) is 39.6 Å². The zero-order valence-electron chi connectivity index (χ0n) is 36.5. The number of methoxy groups -OCH3 is 1. The number of hydrogen-bond acceptors (Lipinski definition) is 31. The molecule has 6 saturated heterocycles. The van der Waals surface area contributed by atoms with Crippen LogP contribution >= 0.6 is 0 Å². The topological polar surface area (TPSA) is 495 Å². The Balaban J connectivity index is 0.00000888. The van der Waals surface area contributed by atoms with Crippen LogP contribution in [0, 0.1) is 0 Å². The molecule has 6 fully saturated rings. The van der Waals surface area contributed by atoms with Crippen molar-refractivity contribution in [3.8, 4) is 0 Å². The maximum atomic E-state index is 11.2. The molecule has 6 heterocycles. The average Bonchev–Trinajstić information content (AvgIpc) is 3.32. The Morgan fingerprint density at radius 3 is 0.928 bits per heavy atom. The van der Waals surface area contributed by atoms with Gasteiger partial charge in [0.2, 0.25) is 0 Å². The van der Waals surface area contributed by atoms with E-state index in [9.17, 15) is 97.0 Å². The second-order valence-corrected chi connectivity index (χ2v) is 17.1. The van der Waals surface area contributed by atoms with Gasteiger partial charge in [-0.3, -0.25) is 0 Å². The van der Waals surface area contributed by atoms with Crippen molar-refractivity contribution in [1.82, 2.24) is 0 Å². The first-order valence-corrected chi connectivity index (χ1v) is 21.5. The third-order valence-corrected chi connectivity index (χ3v) is 12.6. The van der Waals surface area contributed by atoms with Gasteiger partial charge in [-0.25, -0.2) is 0 Å². The molecule has 30 atom stereocenters. The summed E-state index contributed by atoms with van der Waals surface area (Å²) in [7, 11) is 1.27. The van der Waals surface area contributed by atoms with E-state index >= 15 is 0 Å². The van der Waals surface area contributed by atoms with Crippen LogP contribution in [0.2, 0.25) is 0 Å². The molecular weight excluding hydrogens is 1030 g/mol. The van der Waals surface area contributed by atoms with Crippen LogP contribution in [0.5, 0.6) is 0 Å². The zero-order valence-corrected chi connectivity index (χ0v) is 39.4. The van der Waals surface area contributed by atoms with Crippen LogP contribution in [0.1, 0.15) is 0 Å². The fourth-order valence-electron chi connectivity index (χ4n) is 8.57. The van der Waals surface area contributed by atoms with Gasteiger partial charge in [-0.15, -0.1) is 0 Å². The van der Waals surface area contributed by atoms with Crippen LogP contribution in [0.4, 0.5) is 0 Å². The molecule has 0 bridgehead atoms. The van der Waals surface area contributed by atoms with Gasteiger partial charge in [-0.1, -0.05) is 0 Å². The van der Waals surface area contributed by atoms with Gasteiger partial charge in [0.25, 0.3) is 0 Å².